The molecule has 1 aromatic rings. The molecule has 7 nitrogen and oxygen atoms in total. The summed E-state index contributed by atoms with van der Waals surface area (Å²) in [5, 5.41) is 12.2. The third-order valence-corrected chi connectivity index (χ3v) is 2.04. The van der Waals surface area contributed by atoms with Crippen LogP contribution in [0.5, 0.6) is 0 Å². The first-order valence-electron chi connectivity index (χ1n) is 4.95. The van der Waals surface area contributed by atoms with Crippen LogP contribution in [0.25, 0.3) is 0 Å². The number of aryl methyl sites for hydroxylation is 1. The van der Waals surface area contributed by atoms with E-state index in [1.807, 2.05) is 0 Å². The van der Waals surface area contributed by atoms with Crippen molar-refractivity contribution in [1.82, 2.24) is 9.78 Å². The first kappa shape index (κ1) is 12.7. The van der Waals surface area contributed by atoms with Crippen LogP contribution >= 0.6 is 0 Å². The quantitative estimate of drug-likeness (QED) is 0.765. The molecule has 0 fully saturated rings. The van der Waals surface area contributed by atoms with E-state index in [9.17, 15) is 9.59 Å². The third-order valence-electron chi connectivity index (χ3n) is 2.04. The summed E-state index contributed by atoms with van der Waals surface area (Å²) in [5.41, 5.74) is 6.00. The van der Waals surface area contributed by atoms with E-state index in [4.69, 9.17) is 15.7 Å². The van der Waals surface area contributed by atoms with Crippen molar-refractivity contribution < 1.29 is 14.3 Å². The van der Waals surface area contributed by atoms with Crippen LogP contribution in [0.3, 0.4) is 0 Å². The van der Waals surface area contributed by atoms with E-state index in [0.717, 1.165) is 4.68 Å². The average molecular weight is 236 g/mol. The number of esters is 1. The zero-order valence-corrected chi connectivity index (χ0v) is 9.56. The fourth-order valence-corrected chi connectivity index (χ4v) is 1.33. The van der Waals surface area contributed by atoms with E-state index in [0.29, 0.717) is 5.69 Å². The maximum Gasteiger partial charge on any atom is 0.343 e. The molecule has 0 aliphatic heterocycles. The van der Waals surface area contributed by atoms with Gasteiger partial charge in [-0.05, 0) is 13.8 Å². The van der Waals surface area contributed by atoms with Crippen molar-refractivity contribution in [2.45, 2.75) is 20.3 Å². The zero-order valence-electron chi connectivity index (χ0n) is 9.56. The van der Waals surface area contributed by atoms with Gasteiger partial charge in [0.25, 0.3) is 5.91 Å². The van der Waals surface area contributed by atoms with Crippen LogP contribution in [-0.2, 0) is 4.74 Å². The fourth-order valence-electron chi connectivity index (χ4n) is 1.33. The molecule has 2 N–H and O–H groups in total. The summed E-state index contributed by atoms with van der Waals surface area (Å²) in [6.45, 7) is 3.41. The molecule has 90 valence electrons. The van der Waals surface area contributed by atoms with Crippen LogP contribution in [0, 0.1) is 18.3 Å². The Hall–Kier alpha value is -2.36. The third kappa shape index (κ3) is 2.42. The molecule has 0 unspecified atom stereocenters. The van der Waals surface area contributed by atoms with Gasteiger partial charge in [0.05, 0.1) is 18.4 Å². The molecule has 0 aromatic carbocycles. The molecule has 1 heterocycles. The number of nitrogen functional groups attached to an aromatic ring is 1. The molecule has 0 aliphatic rings. The molecule has 0 atom stereocenters. The van der Waals surface area contributed by atoms with E-state index in [1.54, 1.807) is 19.9 Å². The van der Waals surface area contributed by atoms with Crippen LogP contribution < -0.4 is 5.73 Å². The number of carbonyl (C=O) groups is 2. The lowest BCUT2D eigenvalue weighted by Crippen LogP contribution is -2.15. The van der Waals surface area contributed by atoms with Crippen LogP contribution in [-0.4, -0.2) is 28.3 Å². The number of hydrogen-bond donors (Lipinski definition) is 1. The van der Waals surface area contributed by atoms with Crippen molar-refractivity contribution in [3.63, 3.8) is 0 Å². The molecule has 0 saturated carbocycles. The van der Waals surface area contributed by atoms with Gasteiger partial charge in [-0.15, -0.1) is 0 Å². The maximum absolute atomic E-state index is 11.5. The van der Waals surface area contributed by atoms with Gasteiger partial charge in [0.1, 0.15) is 17.8 Å². The van der Waals surface area contributed by atoms with Gasteiger partial charge < -0.3 is 10.5 Å². The van der Waals surface area contributed by atoms with Crippen molar-refractivity contribution in [2.24, 2.45) is 0 Å². The Bertz CT molecular complexity index is 498. The summed E-state index contributed by atoms with van der Waals surface area (Å²) in [4.78, 5) is 23.0. The number of aromatic nitrogens is 2. The number of nitriles is 1. The van der Waals surface area contributed by atoms with Crippen molar-refractivity contribution in [3.8, 4) is 6.07 Å². The Labute approximate surface area is 97.8 Å². The predicted octanol–water partition coefficient (Wildman–Crippen LogP) is 0.504. The lowest BCUT2D eigenvalue weighted by Gasteiger charge is -2.02. The Kier molecular flexibility index (Phi) is 3.82. The summed E-state index contributed by atoms with van der Waals surface area (Å²) in [6.07, 6.45) is -0.354. The van der Waals surface area contributed by atoms with Gasteiger partial charge in [-0.2, -0.15) is 15.0 Å². The fraction of sp³-hybridized carbons (Fsp3) is 0.400. The second kappa shape index (κ2) is 5.12. The van der Waals surface area contributed by atoms with Crippen LogP contribution in [0.1, 0.15) is 34.2 Å². The standard InChI is InChI=1S/C10H12N4O3/c1-3-17-10(16)8-6(2)13-14(9(8)12)7(15)4-5-11/h3-4,12H2,1-2H3. The van der Waals surface area contributed by atoms with Crippen LogP contribution in [0.4, 0.5) is 5.82 Å². The molecule has 7 heteroatoms. The van der Waals surface area contributed by atoms with Crippen molar-refractivity contribution in [2.75, 3.05) is 12.3 Å². The lowest BCUT2D eigenvalue weighted by molar-refractivity contribution is 0.0527. The minimum Gasteiger partial charge on any atom is -0.462 e. The van der Waals surface area contributed by atoms with Gasteiger partial charge in [-0.1, -0.05) is 0 Å². The highest BCUT2D eigenvalue weighted by Gasteiger charge is 2.23. The average Bonchev–Trinajstić information content (AvgIpc) is 2.55. The minimum atomic E-state index is -0.626. The Morgan fingerprint density at radius 2 is 2.24 bits per heavy atom. The lowest BCUT2D eigenvalue weighted by atomic mass is 10.2. The second-order valence-electron chi connectivity index (χ2n) is 3.21. The normalized spacial score (nSPS) is 9.71. The van der Waals surface area contributed by atoms with Gasteiger partial charge >= 0.3 is 5.97 Å². The molecular weight excluding hydrogens is 224 g/mol. The van der Waals surface area contributed by atoms with Crippen LogP contribution in [0.2, 0.25) is 0 Å². The number of carbonyl (C=O) groups excluding carboxylic acids is 2. The molecule has 1 aromatic heterocycles. The van der Waals surface area contributed by atoms with Crippen molar-refractivity contribution in [1.29, 1.82) is 5.26 Å². The molecule has 17 heavy (non-hydrogen) atoms. The van der Waals surface area contributed by atoms with Crippen molar-refractivity contribution >= 4 is 17.7 Å². The molecule has 1 rings (SSSR count). The number of nitrogens with zero attached hydrogens (tertiary/aromatic N) is 3. The summed E-state index contributed by atoms with van der Waals surface area (Å²) >= 11 is 0. The highest BCUT2D eigenvalue weighted by Crippen LogP contribution is 2.17. The molecular formula is C10H12N4O3. The molecule has 0 radical (unpaired) electrons. The number of anilines is 1. The Balaban J connectivity index is 3.15. The maximum atomic E-state index is 11.5. The van der Waals surface area contributed by atoms with Gasteiger partial charge in [0, 0.05) is 0 Å². The number of rotatable bonds is 3. The van der Waals surface area contributed by atoms with E-state index in [2.05, 4.69) is 5.10 Å². The summed E-state index contributed by atoms with van der Waals surface area (Å²) in [5.74, 6) is -1.30. The van der Waals surface area contributed by atoms with Crippen molar-refractivity contribution in [3.05, 3.63) is 11.3 Å². The van der Waals surface area contributed by atoms with E-state index < -0.39 is 11.9 Å². The minimum absolute atomic E-state index is 0.0677. The number of ether oxygens (including phenoxy) is 1. The molecule has 0 spiro atoms. The largest absolute Gasteiger partial charge is 0.462 e. The molecule has 0 bridgehead atoms. The zero-order chi connectivity index (χ0) is 13.0. The summed E-state index contributed by atoms with van der Waals surface area (Å²) in [6, 6.07) is 1.69. The summed E-state index contributed by atoms with van der Waals surface area (Å²) < 4.78 is 5.65. The van der Waals surface area contributed by atoms with Gasteiger partial charge in [-0.25, -0.2) is 4.79 Å². The Morgan fingerprint density at radius 3 is 2.76 bits per heavy atom. The van der Waals surface area contributed by atoms with E-state index in [1.165, 1.54) is 0 Å². The predicted molar refractivity (Wildman–Crippen MR) is 58.2 cm³/mol. The van der Waals surface area contributed by atoms with E-state index >= 15 is 0 Å². The monoisotopic (exact) mass is 236 g/mol. The SMILES string of the molecule is CCOC(=O)c1c(C)nn(C(=O)CC#N)c1N. The highest BCUT2D eigenvalue weighted by molar-refractivity contribution is 5.98. The summed E-state index contributed by atoms with van der Waals surface area (Å²) in [7, 11) is 0. The first-order valence-corrected chi connectivity index (χ1v) is 4.95. The van der Waals surface area contributed by atoms with Crippen LogP contribution in [0.15, 0.2) is 0 Å². The topological polar surface area (TPSA) is 111 Å². The highest BCUT2D eigenvalue weighted by atomic mass is 16.5. The second-order valence-corrected chi connectivity index (χ2v) is 3.21. The van der Waals surface area contributed by atoms with Gasteiger partial charge in [-0.3, -0.25) is 4.79 Å². The first-order chi connectivity index (χ1) is 8.02. The number of hydrogen-bond acceptors (Lipinski definition) is 6. The van der Waals surface area contributed by atoms with E-state index in [-0.39, 0.29) is 24.4 Å². The molecule has 0 amide bonds. The molecule has 0 aliphatic carbocycles. The molecule has 0 saturated heterocycles. The smallest absolute Gasteiger partial charge is 0.343 e. The van der Waals surface area contributed by atoms with Gasteiger partial charge in [0.15, 0.2) is 0 Å². The van der Waals surface area contributed by atoms with Gasteiger partial charge in [0.2, 0.25) is 0 Å². The Morgan fingerprint density at radius 1 is 1.59 bits per heavy atom. The number of nitrogens with two attached hydrogens (primary N) is 1.